The number of benzene rings is 1. The van der Waals surface area contributed by atoms with Gasteiger partial charge in [-0.25, -0.2) is 4.39 Å². The van der Waals surface area contributed by atoms with Gasteiger partial charge >= 0.3 is 0 Å². The molecular weight excluding hydrogens is 323 g/mol. The average molecular weight is 346 g/mol. The molecule has 2 fully saturated rings. The molecule has 1 N–H and O–H groups in total. The Morgan fingerprint density at radius 2 is 2.00 bits per heavy atom. The third kappa shape index (κ3) is 2.93. The zero-order chi connectivity index (χ0) is 17.6. The van der Waals surface area contributed by atoms with Crippen LogP contribution in [0.25, 0.3) is 11.0 Å². The van der Waals surface area contributed by atoms with E-state index in [1.54, 1.807) is 17.9 Å². The molecule has 0 unspecified atom stereocenters. The lowest BCUT2D eigenvalue weighted by Gasteiger charge is -2.38. The van der Waals surface area contributed by atoms with Crippen LogP contribution in [-0.4, -0.2) is 59.1 Å². The number of piperazine rings is 1. The number of nitrogens with zero attached hydrogens (tertiary/aromatic N) is 2. The minimum atomic E-state index is -0.334. The molecule has 1 aromatic heterocycles. The van der Waals surface area contributed by atoms with Gasteiger partial charge in [-0.05, 0) is 44.4 Å². The van der Waals surface area contributed by atoms with E-state index in [0.717, 1.165) is 32.4 Å². The summed E-state index contributed by atoms with van der Waals surface area (Å²) in [5, 5.41) is 10.7. The maximum absolute atomic E-state index is 13.4. The highest BCUT2D eigenvalue weighted by Crippen LogP contribution is 2.28. The van der Waals surface area contributed by atoms with Gasteiger partial charge in [-0.3, -0.25) is 9.69 Å². The fourth-order valence-electron chi connectivity index (χ4n) is 4.14. The Kier molecular flexibility index (Phi) is 4.25. The van der Waals surface area contributed by atoms with Gasteiger partial charge in [0.2, 0.25) is 0 Å². The lowest BCUT2D eigenvalue weighted by atomic mass is 10.1. The fourth-order valence-corrected chi connectivity index (χ4v) is 4.14. The van der Waals surface area contributed by atoms with E-state index in [1.807, 2.05) is 0 Å². The zero-order valence-electron chi connectivity index (χ0n) is 14.4. The first-order valence-electron chi connectivity index (χ1n) is 8.94. The highest BCUT2D eigenvalue weighted by molar-refractivity contribution is 5.99. The molecule has 2 atom stereocenters. The predicted octanol–water partition coefficient (Wildman–Crippen LogP) is 2.55. The van der Waals surface area contributed by atoms with Gasteiger partial charge in [-0.1, -0.05) is 0 Å². The number of aryl methyl sites for hydroxylation is 1. The zero-order valence-corrected chi connectivity index (χ0v) is 14.4. The van der Waals surface area contributed by atoms with Gasteiger partial charge in [0.1, 0.15) is 11.4 Å². The van der Waals surface area contributed by atoms with E-state index in [4.69, 9.17) is 4.42 Å². The van der Waals surface area contributed by atoms with E-state index in [0.29, 0.717) is 35.4 Å². The van der Waals surface area contributed by atoms with Crippen LogP contribution < -0.4 is 0 Å². The van der Waals surface area contributed by atoms with Crippen molar-refractivity contribution < 1.29 is 18.7 Å². The quantitative estimate of drug-likeness (QED) is 0.908. The smallest absolute Gasteiger partial charge is 0.289 e. The maximum Gasteiger partial charge on any atom is 0.289 e. The summed E-state index contributed by atoms with van der Waals surface area (Å²) in [7, 11) is 0. The molecule has 1 aliphatic carbocycles. The summed E-state index contributed by atoms with van der Waals surface area (Å²) in [5.74, 6) is -0.171. The number of aliphatic hydroxyl groups is 1. The van der Waals surface area contributed by atoms with Gasteiger partial charge in [0.25, 0.3) is 5.91 Å². The Hall–Kier alpha value is -1.92. The van der Waals surface area contributed by atoms with Crippen molar-refractivity contribution in [1.29, 1.82) is 0 Å². The maximum atomic E-state index is 13.4. The second-order valence-electron chi connectivity index (χ2n) is 7.09. The lowest BCUT2D eigenvalue weighted by molar-refractivity contribution is 0.0302. The molecule has 5 nitrogen and oxygen atoms in total. The molecule has 1 aliphatic heterocycles. The number of aliphatic hydroxyl groups excluding tert-OH is 1. The Labute approximate surface area is 146 Å². The van der Waals surface area contributed by atoms with Gasteiger partial charge in [0, 0.05) is 43.2 Å². The molecule has 25 heavy (non-hydrogen) atoms. The van der Waals surface area contributed by atoms with Crippen molar-refractivity contribution >= 4 is 16.9 Å². The molecule has 0 spiro atoms. The molecule has 1 saturated carbocycles. The van der Waals surface area contributed by atoms with Crippen LogP contribution in [0.5, 0.6) is 0 Å². The number of amides is 1. The van der Waals surface area contributed by atoms with Crippen molar-refractivity contribution in [1.82, 2.24) is 9.80 Å². The largest absolute Gasteiger partial charge is 0.451 e. The first-order valence-corrected chi connectivity index (χ1v) is 8.94. The standard InChI is InChI=1S/C19H23FN2O3/c1-12-14-11-13(20)5-6-17(14)25-18(12)19(24)22-9-7-21(8-10-22)15-3-2-4-16(15)23/h5-6,11,15-16,23H,2-4,7-10H2,1H3/t15-,16+/m1/s1. The lowest BCUT2D eigenvalue weighted by Crippen LogP contribution is -2.53. The molecule has 2 heterocycles. The van der Waals surface area contributed by atoms with E-state index >= 15 is 0 Å². The number of carbonyl (C=O) groups excluding carboxylic acids is 1. The van der Waals surface area contributed by atoms with Crippen LogP contribution >= 0.6 is 0 Å². The number of hydrogen-bond acceptors (Lipinski definition) is 4. The van der Waals surface area contributed by atoms with Crippen LogP contribution in [0.4, 0.5) is 4.39 Å². The fraction of sp³-hybridized carbons (Fsp3) is 0.526. The Morgan fingerprint density at radius 3 is 2.68 bits per heavy atom. The van der Waals surface area contributed by atoms with Gasteiger partial charge in [-0.15, -0.1) is 0 Å². The first kappa shape index (κ1) is 16.5. The van der Waals surface area contributed by atoms with Crippen LogP contribution in [0.3, 0.4) is 0 Å². The number of carbonyl (C=O) groups is 1. The first-order chi connectivity index (χ1) is 12.0. The predicted molar refractivity (Wildman–Crippen MR) is 92.0 cm³/mol. The third-order valence-corrected chi connectivity index (χ3v) is 5.61. The van der Waals surface area contributed by atoms with Crippen LogP contribution in [-0.2, 0) is 0 Å². The second kappa shape index (κ2) is 6.42. The van der Waals surface area contributed by atoms with Gasteiger partial charge in [0.15, 0.2) is 5.76 Å². The number of hydrogen-bond donors (Lipinski definition) is 1. The molecule has 2 aromatic rings. The molecular formula is C19H23FN2O3. The third-order valence-electron chi connectivity index (χ3n) is 5.61. The number of halogens is 1. The van der Waals surface area contributed by atoms with Crippen molar-refractivity contribution in [3.63, 3.8) is 0 Å². The van der Waals surface area contributed by atoms with E-state index in [2.05, 4.69) is 4.90 Å². The van der Waals surface area contributed by atoms with Crippen LogP contribution in [0.2, 0.25) is 0 Å². The molecule has 0 radical (unpaired) electrons. The van der Waals surface area contributed by atoms with E-state index < -0.39 is 0 Å². The topological polar surface area (TPSA) is 56.9 Å². The summed E-state index contributed by atoms with van der Waals surface area (Å²) >= 11 is 0. The molecule has 1 saturated heterocycles. The SMILES string of the molecule is Cc1c(C(=O)N2CCN([C@@H]3CCC[C@@H]3O)CC2)oc2ccc(F)cc12. The number of rotatable bonds is 2. The molecule has 1 amide bonds. The highest BCUT2D eigenvalue weighted by Gasteiger charge is 2.34. The van der Waals surface area contributed by atoms with Crippen molar-refractivity contribution in [3.05, 3.63) is 35.3 Å². The van der Waals surface area contributed by atoms with Gasteiger partial charge in [0.05, 0.1) is 6.10 Å². The van der Waals surface area contributed by atoms with Crippen molar-refractivity contribution in [3.8, 4) is 0 Å². The molecule has 6 heteroatoms. The van der Waals surface area contributed by atoms with Crippen LogP contribution in [0.1, 0.15) is 35.4 Å². The number of fused-ring (bicyclic) bond motifs is 1. The van der Waals surface area contributed by atoms with Crippen LogP contribution in [0, 0.1) is 12.7 Å². The minimum Gasteiger partial charge on any atom is -0.451 e. The van der Waals surface area contributed by atoms with E-state index in [1.165, 1.54) is 12.1 Å². The Balaban J connectivity index is 1.48. The summed E-state index contributed by atoms with van der Waals surface area (Å²) in [5.41, 5.74) is 1.23. The minimum absolute atomic E-state index is 0.138. The summed E-state index contributed by atoms with van der Waals surface area (Å²) in [6.07, 6.45) is 2.73. The Morgan fingerprint density at radius 1 is 1.24 bits per heavy atom. The normalized spacial score (nSPS) is 25.0. The van der Waals surface area contributed by atoms with Crippen molar-refractivity contribution in [2.75, 3.05) is 26.2 Å². The highest BCUT2D eigenvalue weighted by atomic mass is 19.1. The van der Waals surface area contributed by atoms with E-state index in [-0.39, 0.29) is 23.9 Å². The molecule has 0 bridgehead atoms. The monoisotopic (exact) mass is 346 g/mol. The van der Waals surface area contributed by atoms with Gasteiger partial charge < -0.3 is 14.4 Å². The Bertz CT molecular complexity index is 795. The summed E-state index contributed by atoms with van der Waals surface area (Å²) < 4.78 is 19.1. The summed E-state index contributed by atoms with van der Waals surface area (Å²) in [6, 6.07) is 4.54. The average Bonchev–Trinajstić information content (AvgIpc) is 3.18. The van der Waals surface area contributed by atoms with Crippen LogP contribution in [0.15, 0.2) is 22.6 Å². The summed E-state index contributed by atoms with van der Waals surface area (Å²) in [6.45, 7) is 4.56. The van der Waals surface area contributed by atoms with Crippen molar-refractivity contribution in [2.45, 2.75) is 38.3 Å². The molecule has 1 aromatic carbocycles. The second-order valence-corrected chi connectivity index (χ2v) is 7.09. The van der Waals surface area contributed by atoms with E-state index in [9.17, 15) is 14.3 Å². The van der Waals surface area contributed by atoms with Gasteiger partial charge in [-0.2, -0.15) is 0 Å². The number of furan rings is 1. The molecule has 4 rings (SSSR count). The molecule has 134 valence electrons. The molecule has 2 aliphatic rings. The summed E-state index contributed by atoms with van der Waals surface area (Å²) in [4.78, 5) is 16.9. The van der Waals surface area contributed by atoms with Crippen molar-refractivity contribution in [2.24, 2.45) is 0 Å².